The molecule has 0 heterocycles. The molecule has 0 unspecified atom stereocenters. The molecular formula is C13H21NO3S. The summed E-state index contributed by atoms with van der Waals surface area (Å²) in [5.74, 6) is 0.438. The number of aryl methyl sites for hydroxylation is 2. The summed E-state index contributed by atoms with van der Waals surface area (Å²) in [4.78, 5) is 0.256. The minimum atomic E-state index is -3.48. The molecule has 0 atom stereocenters. The van der Waals surface area contributed by atoms with Crippen LogP contribution in [0.15, 0.2) is 17.0 Å². The zero-order valence-electron chi connectivity index (χ0n) is 11.6. The van der Waals surface area contributed by atoms with Crippen LogP contribution >= 0.6 is 0 Å². The molecule has 4 nitrogen and oxygen atoms in total. The van der Waals surface area contributed by atoms with Crippen LogP contribution in [0.4, 0.5) is 0 Å². The number of nitrogens with zero attached hydrogens (tertiary/aromatic N) is 1. The fourth-order valence-corrected chi connectivity index (χ4v) is 3.84. The molecule has 0 aliphatic heterocycles. The number of rotatable bonds is 5. The van der Waals surface area contributed by atoms with Gasteiger partial charge in [0.15, 0.2) is 0 Å². The average molecular weight is 271 g/mol. The summed E-state index contributed by atoms with van der Waals surface area (Å²) >= 11 is 0. The van der Waals surface area contributed by atoms with E-state index in [-0.39, 0.29) is 4.90 Å². The molecule has 0 fully saturated rings. The van der Waals surface area contributed by atoms with Gasteiger partial charge < -0.3 is 4.74 Å². The lowest BCUT2D eigenvalue weighted by molar-refractivity contribution is 0.392. The lowest BCUT2D eigenvalue weighted by Crippen LogP contribution is -2.31. The van der Waals surface area contributed by atoms with Gasteiger partial charge >= 0.3 is 0 Å². The monoisotopic (exact) mass is 271 g/mol. The Morgan fingerprint density at radius 1 is 1.17 bits per heavy atom. The molecule has 102 valence electrons. The molecule has 1 aromatic rings. The standard InChI is InChI=1S/C13H21NO3S/c1-6-14(7-2)18(15,16)12-9-10(3)8-11(4)13(12)17-5/h8-9H,6-7H2,1-5H3. The van der Waals surface area contributed by atoms with Crippen LogP contribution < -0.4 is 4.74 Å². The van der Waals surface area contributed by atoms with Crippen LogP contribution in [0.25, 0.3) is 0 Å². The van der Waals surface area contributed by atoms with Gasteiger partial charge in [-0.25, -0.2) is 8.42 Å². The van der Waals surface area contributed by atoms with Crippen molar-refractivity contribution in [1.29, 1.82) is 0 Å². The maximum absolute atomic E-state index is 12.5. The smallest absolute Gasteiger partial charge is 0.246 e. The van der Waals surface area contributed by atoms with E-state index in [1.807, 2.05) is 33.8 Å². The van der Waals surface area contributed by atoms with Crippen molar-refractivity contribution in [2.45, 2.75) is 32.6 Å². The Morgan fingerprint density at radius 2 is 1.72 bits per heavy atom. The van der Waals surface area contributed by atoms with Crippen LogP contribution in [0.5, 0.6) is 5.75 Å². The van der Waals surface area contributed by atoms with E-state index in [1.54, 1.807) is 6.07 Å². The number of benzene rings is 1. The van der Waals surface area contributed by atoms with Crippen LogP contribution in [0.3, 0.4) is 0 Å². The van der Waals surface area contributed by atoms with Crippen LogP contribution in [0.2, 0.25) is 0 Å². The van der Waals surface area contributed by atoms with Crippen molar-refractivity contribution in [2.24, 2.45) is 0 Å². The lowest BCUT2D eigenvalue weighted by Gasteiger charge is -2.21. The fourth-order valence-electron chi connectivity index (χ4n) is 2.07. The van der Waals surface area contributed by atoms with Crippen molar-refractivity contribution >= 4 is 10.0 Å². The van der Waals surface area contributed by atoms with E-state index < -0.39 is 10.0 Å². The Morgan fingerprint density at radius 3 is 2.17 bits per heavy atom. The van der Waals surface area contributed by atoms with Crippen molar-refractivity contribution < 1.29 is 13.2 Å². The van der Waals surface area contributed by atoms with E-state index in [9.17, 15) is 8.42 Å². The molecule has 0 aliphatic carbocycles. The highest BCUT2D eigenvalue weighted by Gasteiger charge is 2.26. The van der Waals surface area contributed by atoms with Crippen LogP contribution in [0.1, 0.15) is 25.0 Å². The maximum Gasteiger partial charge on any atom is 0.246 e. The normalized spacial score (nSPS) is 11.9. The van der Waals surface area contributed by atoms with E-state index in [4.69, 9.17) is 4.74 Å². The summed E-state index contributed by atoms with van der Waals surface area (Å²) in [6, 6.07) is 3.58. The molecular weight excluding hydrogens is 250 g/mol. The summed E-state index contributed by atoms with van der Waals surface area (Å²) in [6.07, 6.45) is 0. The van der Waals surface area contributed by atoms with Gasteiger partial charge in [-0.1, -0.05) is 19.9 Å². The van der Waals surface area contributed by atoms with Gasteiger partial charge in [-0.15, -0.1) is 0 Å². The Balaban J connectivity index is 3.49. The predicted octanol–water partition coefficient (Wildman–Crippen LogP) is 2.34. The number of ether oxygens (including phenoxy) is 1. The fraction of sp³-hybridized carbons (Fsp3) is 0.538. The largest absolute Gasteiger partial charge is 0.495 e. The second kappa shape index (κ2) is 5.71. The van der Waals surface area contributed by atoms with E-state index in [1.165, 1.54) is 11.4 Å². The molecule has 0 aromatic heterocycles. The number of hydrogen-bond donors (Lipinski definition) is 0. The number of methoxy groups -OCH3 is 1. The highest BCUT2D eigenvalue weighted by atomic mass is 32.2. The third kappa shape index (κ3) is 2.67. The molecule has 5 heteroatoms. The molecule has 1 aromatic carbocycles. The van der Waals surface area contributed by atoms with Crippen molar-refractivity contribution in [3.8, 4) is 5.75 Å². The average Bonchev–Trinajstić information content (AvgIpc) is 2.29. The molecule has 0 amide bonds. The zero-order valence-corrected chi connectivity index (χ0v) is 12.5. The van der Waals surface area contributed by atoms with Gasteiger partial charge in [-0.05, 0) is 31.0 Å². The van der Waals surface area contributed by atoms with E-state index in [2.05, 4.69) is 0 Å². The highest BCUT2D eigenvalue weighted by molar-refractivity contribution is 7.89. The van der Waals surface area contributed by atoms with E-state index in [0.717, 1.165) is 11.1 Å². The first-order valence-electron chi connectivity index (χ1n) is 6.03. The van der Waals surface area contributed by atoms with Gasteiger partial charge in [0.2, 0.25) is 10.0 Å². The molecule has 0 N–H and O–H groups in total. The summed E-state index contributed by atoms with van der Waals surface area (Å²) in [5, 5.41) is 0. The van der Waals surface area contributed by atoms with Crippen molar-refractivity contribution in [2.75, 3.05) is 20.2 Å². The second-order valence-corrected chi connectivity index (χ2v) is 6.11. The lowest BCUT2D eigenvalue weighted by atomic mass is 10.1. The Kier molecular flexibility index (Phi) is 4.76. The van der Waals surface area contributed by atoms with Crippen molar-refractivity contribution in [1.82, 2.24) is 4.31 Å². The minimum Gasteiger partial charge on any atom is -0.495 e. The quantitative estimate of drug-likeness (QED) is 0.826. The van der Waals surface area contributed by atoms with Crippen molar-refractivity contribution in [3.05, 3.63) is 23.3 Å². The molecule has 0 saturated heterocycles. The maximum atomic E-state index is 12.5. The first-order valence-corrected chi connectivity index (χ1v) is 7.47. The summed E-state index contributed by atoms with van der Waals surface area (Å²) < 4.78 is 31.7. The Labute approximate surface area is 110 Å². The molecule has 0 bridgehead atoms. The SMILES string of the molecule is CCN(CC)S(=O)(=O)c1cc(C)cc(C)c1OC. The summed E-state index contributed by atoms with van der Waals surface area (Å²) in [5.41, 5.74) is 1.75. The van der Waals surface area contributed by atoms with E-state index >= 15 is 0 Å². The molecule has 0 saturated carbocycles. The summed E-state index contributed by atoms with van der Waals surface area (Å²) in [6.45, 7) is 8.30. The second-order valence-electron chi connectivity index (χ2n) is 4.20. The Hall–Kier alpha value is -1.07. The molecule has 0 aliphatic rings. The van der Waals surface area contributed by atoms with Crippen LogP contribution in [-0.2, 0) is 10.0 Å². The predicted molar refractivity (Wildman–Crippen MR) is 72.6 cm³/mol. The topological polar surface area (TPSA) is 46.6 Å². The third-order valence-electron chi connectivity index (χ3n) is 2.91. The van der Waals surface area contributed by atoms with Crippen LogP contribution in [-0.4, -0.2) is 32.9 Å². The number of sulfonamides is 1. The molecule has 0 spiro atoms. The summed E-state index contributed by atoms with van der Waals surface area (Å²) in [7, 11) is -1.98. The zero-order chi connectivity index (χ0) is 13.9. The van der Waals surface area contributed by atoms with Crippen molar-refractivity contribution in [3.63, 3.8) is 0 Å². The van der Waals surface area contributed by atoms with Crippen LogP contribution in [0, 0.1) is 13.8 Å². The number of hydrogen-bond acceptors (Lipinski definition) is 3. The van der Waals surface area contributed by atoms with Gasteiger partial charge in [0.1, 0.15) is 10.6 Å². The van der Waals surface area contributed by atoms with Gasteiger partial charge in [0.05, 0.1) is 7.11 Å². The van der Waals surface area contributed by atoms with Gasteiger partial charge in [0, 0.05) is 13.1 Å². The molecule has 18 heavy (non-hydrogen) atoms. The van der Waals surface area contributed by atoms with Gasteiger partial charge in [-0.3, -0.25) is 0 Å². The highest BCUT2D eigenvalue weighted by Crippen LogP contribution is 2.31. The first kappa shape index (κ1) is 15.0. The minimum absolute atomic E-state index is 0.256. The molecule has 0 radical (unpaired) electrons. The third-order valence-corrected chi connectivity index (χ3v) is 4.97. The van der Waals surface area contributed by atoms with E-state index in [0.29, 0.717) is 18.8 Å². The van der Waals surface area contributed by atoms with Gasteiger partial charge in [0.25, 0.3) is 0 Å². The Bertz CT molecular complexity index is 519. The van der Waals surface area contributed by atoms with Gasteiger partial charge in [-0.2, -0.15) is 4.31 Å². The molecule has 1 rings (SSSR count). The first-order chi connectivity index (χ1) is 8.38.